The molecule has 4 aromatic carbocycles. The Labute approximate surface area is 312 Å². The van der Waals surface area contributed by atoms with Gasteiger partial charge in [0.05, 0.1) is 29.2 Å². The fraction of sp³-hybridized carbons (Fsp3) is 0.188. The Morgan fingerprint density at radius 3 is 1.51 bits per heavy atom. The number of rotatable bonds is 7. The van der Waals surface area contributed by atoms with Crippen LogP contribution in [0, 0.1) is 19.0 Å². The van der Waals surface area contributed by atoms with Crippen LogP contribution in [0.15, 0.2) is 91.1 Å². The number of carbonyl (C=O) groups excluding carboxylic acids is 2. The Morgan fingerprint density at radius 2 is 1.11 bits per heavy atom. The van der Waals surface area contributed by atoms with Gasteiger partial charge in [-0.2, -0.15) is 0 Å². The SMILES string of the molecule is O=C(OCC1C2c3ccccc3C(c3ccccc32)C1COC(=O)c1c(Br)cc(Br)cc1Br)c1cc(I)c(S(=O)(=O)[O-])c(I)c1. The van der Waals surface area contributed by atoms with E-state index in [1.807, 2.05) is 24.3 Å². The number of hydrogen-bond acceptors (Lipinski definition) is 7. The van der Waals surface area contributed by atoms with Gasteiger partial charge in [0.2, 0.25) is 0 Å². The molecule has 2 atom stereocenters. The molecule has 7 rings (SSSR count). The third-order valence-corrected chi connectivity index (χ3v) is 13.3. The molecule has 3 aliphatic rings. The normalized spacial score (nSPS) is 19.9. The van der Waals surface area contributed by atoms with Crippen LogP contribution in [0.5, 0.6) is 0 Å². The first-order valence-corrected chi connectivity index (χ1v) is 19.4. The van der Waals surface area contributed by atoms with Crippen molar-refractivity contribution in [2.24, 2.45) is 11.8 Å². The average molecular weight is 1040 g/mol. The highest BCUT2D eigenvalue weighted by molar-refractivity contribution is 14.1. The standard InChI is InChI=1S/C32H21Br3I2O7S/c33-16-11-23(34)29(24(35)12-16)32(39)44-14-22-21(13-43-31(38)15-9-25(36)30(26(37)10-15)45(40,41)42)27-17-5-1-3-7-19(17)28(22)20-8-4-2-6-18(20)27/h1-12,21-22,27-28H,13-14H2,(H,40,41,42)/p-1. The Bertz CT molecular complexity index is 1890. The first-order chi connectivity index (χ1) is 21.4. The minimum Gasteiger partial charge on any atom is -0.744 e. The van der Waals surface area contributed by atoms with E-state index in [9.17, 15) is 22.6 Å². The predicted octanol–water partition coefficient (Wildman–Crippen LogP) is 8.62. The molecule has 0 aliphatic heterocycles. The van der Waals surface area contributed by atoms with Crippen LogP contribution < -0.4 is 0 Å². The van der Waals surface area contributed by atoms with Crippen molar-refractivity contribution in [3.63, 3.8) is 0 Å². The summed E-state index contributed by atoms with van der Waals surface area (Å²) >= 11 is 13.8. The van der Waals surface area contributed by atoms with Crippen molar-refractivity contribution in [3.05, 3.63) is 127 Å². The second kappa shape index (κ2) is 13.3. The lowest BCUT2D eigenvalue weighted by Crippen LogP contribution is -2.44. The molecule has 232 valence electrons. The second-order valence-electron chi connectivity index (χ2n) is 10.7. The van der Waals surface area contributed by atoms with E-state index in [0.717, 1.165) is 26.7 Å². The van der Waals surface area contributed by atoms with Crippen LogP contribution in [0.25, 0.3) is 0 Å². The van der Waals surface area contributed by atoms with E-state index in [0.29, 0.717) is 14.5 Å². The summed E-state index contributed by atoms with van der Waals surface area (Å²) in [5.74, 6) is -1.78. The van der Waals surface area contributed by atoms with Gasteiger partial charge in [-0.05, 0) is 124 Å². The highest BCUT2D eigenvalue weighted by Gasteiger charge is 2.50. The van der Waals surface area contributed by atoms with E-state index in [2.05, 4.69) is 72.1 Å². The van der Waals surface area contributed by atoms with E-state index in [4.69, 9.17) is 9.47 Å². The lowest BCUT2D eigenvalue weighted by Gasteiger charge is -2.50. The predicted molar refractivity (Wildman–Crippen MR) is 193 cm³/mol. The van der Waals surface area contributed by atoms with Gasteiger partial charge in [-0.15, -0.1) is 0 Å². The summed E-state index contributed by atoms with van der Waals surface area (Å²) in [6.45, 7) is 0.122. The highest BCUT2D eigenvalue weighted by atomic mass is 127. The third kappa shape index (κ3) is 6.43. The van der Waals surface area contributed by atoms with Crippen molar-refractivity contribution in [1.82, 2.24) is 0 Å². The average Bonchev–Trinajstić information content (AvgIpc) is 2.97. The van der Waals surface area contributed by atoms with Crippen molar-refractivity contribution in [1.29, 1.82) is 0 Å². The lowest BCUT2D eigenvalue weighted by atomic mass is 9.54. The van der Waals surface area contributed by atoms with Crippen molar-refractivity contribution in [3.8, 4) is 0 Å². The van der Waals surface area contributed by atoms with E-state index >= 15 is 0 Å². The topological polar surface area (TPSA) is 110 Å². The van der Waals surface area contributed by atoms with E-state index in [1.54, 1.807) is 57.3 Å². The zero-order chi connectivity index (χ0) is 32.2. The minimum atomic E-state index is -4.71. The Kier molecular flexibility index (Phi) is 9.88. The summed E-state index contributed by atoms with van der Waals surface area (Å²) in [5.41, 5.74) is 5.14. The number of halogens is 5. The maximum absolute atomic E-state index is 13.4. The van der Waals surface area contributed by atoms with E-state index in [-0.39, 0.29) is 54.5 Å². The highest BCUT2D eigenvalue weighted by Crippen LogP contribution is 2.58. The lowest BCUT2D eigenvalue weighted by molar-refractivity contribution is 0.0116. The van der Waals surface area contributed by atoms with Gasteiger partial charge in [0.25, 0.3) is 0 Å². The van der Waals surface area contributed by atoms with E-state index in [1.165, 1.54) is 12.1 Å². The summed E-state index contributed by atoms with van der Waals surface area (Å²) in [7, 11) is -4.71. The van der Waals surface area contributed by atoms with Crippen LogP contribution in [0.3, 0.4) is 0 Å². The molecule has 3 aliphatic carbocycles. The molecule has 0 heterocycles. The van der Waals surface area contributed by atoms with Crippen LogP contribution in [-0.4, -0.2) is 38.1 Å². The molecule has 0 aromatic heterocycles. The molecular weight excluding hydrogens is 1020 g/mol. The Hall–Kier alpha value is -1.37. The quantitative estimate of drug-likeness (QED) is 0.104. The number of carbonyl (C=O) groups is 2. The van der Waals surface area contributed by atoms with Crippen LogP contribution in [0.1, 0.15) is 54.8 Å². The van der Waals surface area contributed by atoms with Gasteiger partial charge in [0, 0.05) is 44.2 Å². The number of fused-ring (bicyclic) bond motifs is 1. The maximum atomic E-state index is 13.4. The Morgan fingerprint density at radius 1 is 0.711 bits per heavy atom. The van der Waals surface area contributed by atoms with Gasteiger partial charge >= 0.3 is 11.9 Å². The second-order valence-corrected chi connectivity index (χ2v) is 17.0. The van der Waals surface area contributed by atoms with Crippen molar-refractivity contribution in [2.45, 2.75) is 16.7 Å². The number of benzene rings is 4. The van der Waals surface area contributed by atoms with Crippen molar-refractivity contribution < 1.29 is 32.0 Å². The maximum Gasteiger partial charge on any atom is 0.340 e. The fourth-order valence-electron chi connectivity index (χ4n) is 6.50. The van der Waals surface area contributed by atoms with E-state index < -0.39 is 22.1 Å². The summed E-state index contributed by atoms with van der Waals surface area (Å²) in [6, 6.07) is 22.7. The first-order valence-electron chi connectivity index (χ1n) is 13.5. The Balaban J connectivity index is 1.34. The molecular formula is C32H20Br3I2O7S-. The van der Waals surface area contributed by atoms with Gasteiger partial charge in [0.1, 0.15) is 10.1 Å². The van der Waals surface area contributed by atoms with Crippen molar-refractivity contribution >= 4 is 115 Å². The molecule has 0 amide bonds. The monoisotopic (exact) mass is 1040 g/mol. The molecule has 13 heteroatoms. The van der Waals surface area contributed by atoms with Crippen LogP contribution in [0.2, 0.25) is 0 Å². The fourth-order valence-corrected chi connectivity index (χ4v) is 13.1. The molecule has 0 radical (unpaired) electrons. The van der Waals surface area contributed by atoms with Crippen LogP contribution in [-0.2, 0) is 19.6 Å². The summed E-state index contributed by atoms with van der Waals surface area (Å²) in [6.07, 6.45) is 0. The molecule has 0 N–H and O–H groups in total. The van der Waals surface area contributed by atoms with Gasteiger partial charge in [-0.3, -0.25) is 0 Å². The van der Waals surface area contributed by atoms with Crippen LogP contribution >= 0.6 is 93.0 Å². The minimum absolute atomic E-state index is 0.0331. The van der Waals surface area contributed by atoms with Gasteiger partial charge in [-0.1, -0.05) is 64.5 Å². The largest absolute Gasteiger partial charge is 0.744 e. The zero-order valence-electron chi connectivity index (χ0n) is 22.8. The van der Waals surface area contributed by atoms with Crippen molar-refractivity contribution in [2.75, 3.05) is 13.2 Å². The molecule has 4 aromatic rings. The smallest absolute Gasteiger partial charge is 0.340 e. The molecule has 7 nitrogen and oxygen atoms in total. The molecule has 0 saturated carbocycles. The summed E-state index contributed by atoms with van der Waals surface area (Å²) < 4.78 is 49.4. The first kappa shape index (κ1) is 33.5. The van der Waals surface area contributed by atoms with Gasteiger partial charge in [0.15, 0.2) is 0 Å². The summed E-state index contributed by atoms with van der Waals surface area (Å²) in [5, 5.41) is 0. The number of ether oxygens (including phenoxy) is 2. The van der Waals surface area contributed by atoms with Gasteiger partial charge in [-0.25, -0.2) is 18.0 Å². The third-order valence-electron chi connectivity index (χ3n) is 8.25. The zero-order valence-corrected chi connectivity index (χ0v) is 32.7. The van der Waals surface area contributed by atoms with Crippen LogP contribution in [0.4, 0.5) is 0 Å². The molecule has 0 fully saturated rings. The molecule has 0 spiro atoms. The molecule has 2 unspecified atom stereocenters. The molecule has 0 saturated heterocycles. The molecule has 45 heavy (non-hydrogen) atoms. The number of hydrogen-bond donors (Lipinski definition) is 0. The number of esters is 2. The summed E-state index contributed by atoms with van der Waals surface area (Å²) in [4.78, 5) is 26.4. The molecule has 2 bridgehead atoms. The van der Waals surface area contributed by atoms with Gasteiger partial charge < -0.3 is 14.0 Å².